The number of hydrogen-bond donors (Lipinski definition) is 2. The summed E-state index contributed by atoms with van der Waals surface area (Å²) in [5.41, 5.74) is 0. The SMILES string of the molecule is C[C@@H](NC1CCCCCC1O)C1CCCCCC1. The summed E-state index contributed by atoms with van der Waals surface area (Å²) in [6.07, 6.45) is 14.3. The van der Waals surface area contributed by atoms with Crippen molar-refractivity contribution in [2.45, 2.75) is 95.7 Å². The molecule has 2 N–H and O–H groups in total. The first-order valence-electron chi connectivity index (χ1n) is 8.21. The molecule has 0 bridgehead atoms. The normalized spacial score (nSPS) is 33.7. The maximum absolute atomic E-state index is 10.2. The van der Waals surface area contributed by atoms with Crippen LogP contribution in [0.5, 0.6) is 0 Å². The molecule has 0 aromatic heterocycles. The number of nitrogens with one attached hydrogen (secondary N) is 1. The fraction of sp³-hybridized carbons (Fsp3) is 1.00. The summed E-state index contributed by atoms with van der Waals surface area (Å²) in [5.74, 6) is 0.836. The molecular weight excluding hydrogens is 222 g/mol. The molecule has 2 fully saturated rings. The Morgan fingerprint density at radius 3 is 2.11 bits per heavy atom. The van der Waals surface area contributed by atoms with Crippen LogP contribution in [0.15, 0.2) is 0 Å². The van der Waals surface area contributed by atoms with Crippen LogP contribution in [0, 0.1) is 5.92 Å². The van der Waals surface area contributed by atoms with Gasteiger partial charge < -0.3 is 10.4 Å². The Balaban J connectivity index is 1.82. The smallest absolute Gasteiger partial charge is 0.0693 e. The zero-order valence-electron chi connectivity index (χ0n) is 12.0. The van der Waals surface area contributed by atoms with Gasteiger partial charge in [-0.1, -0.05) is 44.9 Å². The van der Waals surface area contributed by atoms with E-state index in [1.165, 1.54) is 57.8 Å². The predicted molar refractivity (Wildman–Crippen MR) is 76.7 cm³/mol. The van der Waals surface area contributed by atoms with Crippen molar-refractivity contribution >= 4 is 0 Å². The van der Waals surface area contributed by atoms with Crippen LogP contribution in [0.25, 0.3) is 0 Å². The van der Waals surface area contributed by atoms with E-state index in [9.17, 15) is 5.11 Å². The summed E-state index contributed by atoms with van der Waals surface area (Å²) in [5, 5.41) is 13.9. The summed E-state index contributed by atoms with van der Waals surface area (Å²) >= 11 is 0. The van der Waals surface area contributed by atoms with E-state index < -0.39 is 0 Å². The summed E-state index contributed by atoms with van der Waals surface area (Å²) in [6.45, 7) is 2.34. The van der Waals surface area contributed by atoms with Gasteiger partial charge in [-0.25, -0.2) is 0 Å². The van der Waals surface area contributed by atoms with Crippen molar-refractivity contribution in [1.82, 2.24) is 5.32 Å². The van der Waals surface area contributed by atoms with Crippen molar-refractivity contribution in [3.8, 4) is 0 Å². The lowest BCUT2D eigenvalue weighted by atomic mass is 9.91. The Morgan fingerprint density at radius 1 is 0.833 bits per heavy atom. The van der Waals surface area contributed by atoms with Gasteiger partial charge in [0.05, 0.1) is 6.10 Å². The number of aliphatic hydroxyl groups is 1. The second kappa shape index (κ2) is 7.49. The van der Waals surface area contributed by atoms with Gasteiger partial charge in [0.25, 0.3) is 0 Å². The van der Waals surface area contributed by atoms with Crippen molar-refractivity contribution < 1.29 is 5.11 Å². The van der Waals surface area contributed by atoms with Gasteiger partial charge in [-0.3, -0.25) is 0 Å². The van der Waals surface area contributed by atoms with E-state index in [1.807, 2.05) is 0 Å². The minimum absolute atomic E-state index is 0.110. The van der Waals surface area contributed by atoms with Crippen LogP contribution in [0.1, 0.15) is 77.6 Å². The van der Waals surface area contributed by atoms with E-state index in [2.05, 4.69) is 12.2 Å². The molecule has 0 saturated heterocycles. The van der Waals surface area contributed by atoms with E-state index in [1.54, 1.807) is 0 Å². The Labute approximate surface area is 113 Å². The zero-order chi connectivity index (χ0) is 12.8. The van der Waals surface area contributed by atoms with Crippen molar-refractivity contribution in [3.05, 3.63) is 0 Å². The quantitative estimate of drug-likeness (QED) is 0.753. The monoisotopic (exact) mass is 253 g/mol. The fourth-order valence-electron chi connectivity index (χ4n) is 3.77. The van der Waals surface area contributed by atoms with E-state index in [-0.39, 0.29) is 6.10 Å². The van der Waals surface area contributed by atoms with E-state index in [4.69, 9.17) is 0 Å². The summed E-state index contributed by atoms with van der Waals surface area (Å²) in [6, 6.07) is 0.937. The van der Waals surface area contributed by atoms with Gasteiger partial charge in [-0.2, -0.15) is 0 Å². The van der Waals surface area contributed by atoms with Crippen molar-refractivity contribution in [1.29, 1.82) is 0 Å². The van der Waals surface area contributed by atoms with Crippen LogP contribution in [0.3, 0.4) is 0 Å². The fourth-order valence-corrected chi connectivity index (χ4v) is 3.77. The molecule has 2 unspecified atom stereocenters. The third-order valence-electron chi connectivity index (χ3n) is 5.06. The van der Waals surface area contributed by atoms with E-state index in [0.717, 1.165) is 18.8 Å². The average Bonchev–Trinajstić information content (AvgIpc) is 2.73. The molecule has 0 aromatic carbocycles. The van der Waals surface area contributed by atoms with Crippen LogP contribution >= 0.6 is 0 Å². The molecule has 2 nitrogen and oxygen atoms in total. The summed E-state index contributed by atoms with van der Waals surface area (Å²) in [4.78, 5) is 0. The highest BCUT2D eigenvalue weighted by Gasteiger charge is 2.26. The van der Waals surface area contributed by atoms with Crippen LogP contribution in [-0.2, 0) is 0 Å². The van der Waals surface area contributed by atoms with Gasteiger partial charge in [0, 0.05) is 12.1 Å². The molecule has 0 radical (unpaired) electrons. The summed E-state index contributed by atoms with van der Waals surface area (Å²) in [7, 11) is 0. The lowest BCUT2D eigenvalue weighted by Gasteiger charge is -2.30. The Kier molecular flexibility index (Phi) is 5.97. The maximum atomic E-state index is 10.2. The van der Waals surface area contributed by atoms with E-state index in [0.29, 0.717) is 12.1 Å². The van der Waals surface area contributed by atoms with E-state index >= 15 is 0 Å². The van der Waals surface area contributed by atoms with Crippen LogP contribution < -0.4 is 5.32 Å². The molecule has 0 heterocycles. The second-order valence-electron chi connectivity index (χ2n) is 6.52. The molecule has 0 spiro atoms. The summed E-state index contributed by atoms with van der Waals surface area (Å²) < 4.78 is 0. The zero-order valence-corrected chi connectivity index (χ0v) is 12.0. The lowest BCUT2D eigenvalue weighted by Crippen LogP contribution is -2.46. The standard InChI is InChI=1S/C16H31NO/c1-13(14-9-5-2-3-6-10-14)17-15-11-7-4-8-12-16(15)18/h13-18H,2-12H2,1H3/t13-,15?,16?/m1/s1. The first-order valence-corrected chi connectivity index (χ1v) is 8.21. The Hall–Kier alpha value is -0.0800. The van der Waals surface area contributed by atoms with Gasteiger partial charge in [0.15, 0.2) is 0 Å². The topological polar surface area (TPSA) is 32.3 Å². The maximum Gasteiger partial charge on any atom is 0.0693 e. The van der Waals surface area contributed by atoms with Gasteiger partial charge in [0.1, 0.15) is 0 Å². The molecule has 2 aliphatic carbocycles. The van der Waals surface area contributed by atoms with Gasteiger partial charge >= 0.3 is 0 Å². The van der Waals surface area contributed by atoms with Crippen LogP contribution in [0.2, 0.25) is 0 Å². The first-order chi connectivity index (χ1) is 8.77. The Morgan fingerprint density at radius 2 is 1.39 bits per heavy atom. The molecule has 2 aliphatic rings. The third kappa shape index (κ3) is 4.24. The van der Waals surface area contributed by atoms with Crippen molar-refractivity contribution in [3.63, 3.8) is 0 Å². The van der Waals surface area contributed by atoms with Crippen LogP contribution in [-0.4, -0.2) is 23.3 Å². The second-order valence-corrected chi connectivity index (χ2v) is 6.52. The Bertz CT molecular complexity index is 223. The molecule has 0 aromatic rings. The van der Waals surface area contributed by atoms with Crippen molar-refractivity contribution in [2.75, 3.05) is 0 Å². The molecular formula is C16H31NO. The van der Waals surface area contributed by atoms with Gasteiger partial charge in [-0.05, 0) is 38.5 Å². The van der Waals surface area contributed by atoms with Crippen LogP contribution in [0.4, 0.5) is 0 Å². The minimum atomic E-state index is -0.110. The number of hydrogen-bond acceptors (Lipinski definition) is 2. The van der Waals surface area contributed by atoms with Gasteiger partial charge in [-0.15, -0.1) is 0 Å². The minimum Gasteiger partial charge on any atom is -0.392 e. The molecule has 2 rings (SSSR count). The highest BCUT2D eigenvalue weighted by molar-refractivity contribution is 4.84. The lowest BCUT2D eigenvalue weighted by molar-refractivity contribution is 0.108. The highest BCUT2D eigenvalue weighted by atomic mass is 16.3. The molecule has 18 heavy (non-hydrogen) atoms. The third-order valence-corrected chi connectivity index (χ3v) is 5.06. The average molecular weight is 253 g/mol. The molecule has 0 aliphatic heterocycles. The predicted octanol–water partition coefficient (Wildman–Crippen LogP) is 3.63. The number of aliphatic hydroxyl groups excluding tert-OH is 1. The molecule has 3 atom stereocenters. The highest BCUT2D eigenvalue weighted by Crippen LogP contribution is 2.27. The molecule has 106 valence electrons. The molecule has 2 heteroatoms. The van der Waals surface area contributed by atoms with Gasteiger partial charge in [0.2, 0.25) is 0 Å². The first kappa shape index (κ1) is 14.3. The van der Waals surface area contributed by atoms with Crippen molar-refractivity contribution in [2.24, 2.45) is 5.92 Å². The number of rotatable bonds is 3. The molecule has 0 amide bonds. The largest absolute Gasteiger partial charge is 0.392 e. The molecule has 2 saturated carbocycles.